The van der Waals surface area contributed by atoms with Gasteiger partial charge < -0.3 is 4.90 Å². The second kappa shape index (κ2) is 8.12. The minimum absolute atomic E-state index is 0.000182. The zero-order valence-corrected chi connectivity index (χ0v) is 17.5. The number of carbonyl (C=O) groups excluding carboxylic acids is 1. The van der Waals surface area contributed by atoms with Crippen molar-refractivity contribution in [3.8, 4) is 17.5 Å². The Bertz CT molecular complexity index is 1160. The van der Waals surface area contributed by atoms with E-state index >= 15 is 0 Å². The summed E-state index contributed by atoms with van der Waals surface area (Å²) in [6, 6.07) is 14.2. The highest BCUT2D eigenvalue weighted by molar-refractivity contribution is 6.00. The van der Waals surface area contributed by atoms with Crippen molar-refractivity contribution in [2.24, 2.45) is 5.41 Å². The fourth-order valence-corrected chi connectivity index (χ4v) is 5.30. The third-order valence-corrected chi connectivity index (χ3v) is 6.66. The maximum absolute atomic E-state index is 13.7. The number of nitriles is 1. The van der Waals surface area contributed by atoms with E-state index in [1.165, 1.54) is 18.5 Å². The Morgan fingerprint density at radius 2 is 1.84 bits per heavy atom. The summed E-state index contributed by atoms with van der Waals surface area (Å²) in [5, 5.41) is 10.1. The normalized spacial score (nSPS) is 24.2. The zero-order chi connectivity index (χ0) is 22.1. The molecule has 0 spiro atoms. The number of benzene rings is 1. The molecule has 4 heterocycles. The van der Waals surface area contributed by atoms with Gasteiger partial charge in [0.05, 0.1) is 22.7 Å². The summed E-state index contributed by atoms with van der Waals surface area (Å²) in [6.07, 6.45) is 8.30. The molecule has 1 aromatic carbocycles. The van der Waals surface area contributed by atoms with Crippen LogP contribution >= 0.6 is 0 Å². The quantitative estimate of drug-likeness (QED) is 0.623. The molecule has 3 atom stereocenters. The predicted octanol–water partition coefficient (Wildman–Crippen LogP) is 4.20. The second-order valence-electron chi connectivity index (χ2n) is 8.70. The van der Waals surface area contributed by atoms with Crippen LogP contribution in [0.3, 0.4) is 0 Å². The van der Waals surface area contributed by atoms with Crippen LogP contribution in [0.1, 0.15) is 41.6 Å². The van der Waals surface area contributed by atoms with Crippen molar-refractivity contribution >= 4 is 5.91 Å². The predicted molar refractivity (Wildman–Crippen MR) is 116 cm³/mol. The van der Waals surface area contributed by atoms with Gasteiger partial charge in [-0.3, -0.25) is 9.78 Å². The Hall–Kier alpha value is -3.66. The van der Waals surface area contributed by atoms with Gasteiger partial charge in [-0.2, -0.15) is 5.26 Å². The van der Waals surface area contributed by atoms with Gasteiger partial charge in [-0.05, 0) is 68.0 Å². The molecule has 1 amide bonds. The van der Waals surface area contributed by atoms with E-state index in [2.05, 4.69) is 21.0 Å². The molecule has 2 aromatic heterocycles. The van der Waals surface area contributed by atoms with E-state index in [9.17, 15) is 14.4 Å². The SMILES string of the molecule is N#C[C@@]1(Cc2ccc(F)cc2)C[C@H]2CC[C@@H](C1)N2C(=O)c1cccnc1-c1ccncn1. The molecule has 32 heavy (non-hydrogen) atoms. The number of hydrogen-bond acceptors (Lipinski definition) is 5. The topological polar surface area (TPSA) is 82.8 Å². The molecule has 2 saturated heterocycles. The van der Waals surface area contributed by atoms with Gasteiger partial charge in [0.1, 0.15) is 17.8 Å². The summed E-state index contributed by atoms with van der Waals surface area (Å²) in [5.41, 5.74) is 2.07. The Kier molecular flexibility index (Phi) is 5.14. The average molecular weight is 427 g/mol. The minimum Gasteiger partial charge on any atom is -0.332 e. The van der Waals surface area contributed by atoms with Crippen LogP contribution in [-0.2, 0) is 6.42 Å². The third kappa shape index (κ3) is 3.62. The first kappa shape index (κ1) is 20.3. The highest BCUT2D eigenvalue weighted by Gasteiger charge is 2.50. The molecule has 0 aliphatic carbocycles. The van der Waals surface area contributed by atoms with Crippen molar-refractivity contribution in [2.75, 3.05) is 0 Å². The number of carbonyl (C=O) groups is 1. The lowest BCUT2D eigenvalue weighted by atomic mass is 9.72. The number of hydrogen-bond donors (Lipinski definition) is 0. The zero-order valence-electron chi connectivity index (χ0n) is 17.5. The molecule has 160 valence electrons. The van der Waals surface area contributed by atoms with E-state index in [-0.39, 0.29) is 23.8 Å². The van der Waals surface area contributed by atoms with Crippen LogP contribution in [-0.4, -0.2) is 37.8 Å². The molecule has 5 rings (SSSR count). The molecule has 2 aliphatic heterocycles. The first-order valence-corrected chi connectivity index (χ1v) is 10.8. The molecule has 0 radical (unpaired) electrons. The van der Waals surface area contributed by atoms with Crippen LogP contribution in [0.15, 0.2) is 61.2 Å². The standard InChI is InChI=1S/C25H22FN5O/c26-18-5-3-17(4-6-18)12-25(15-27)13-19-7-8-20(14-25)31(19)24(32)21-2-1-10-29-23(21)22-9-11-28-16-30-22/h1-6,9-11,16,19-20H,7-8,12-14H2/t19-,20+,25+. The lowest BCUT2D eigenvalue weighted by molar-refractivity contribution is 0.0436. The van der Waals surface area contributed by atoms with Gasteiger partial charge in [-0.25, -0.2) is 14.4 Å². The van der Waals surface area contributed by atoms with Gasteiger partial charge in [0.2, 0.25) is 0 Å². The van der Waals surface area contributed by atoms with Gasteiger partial charge in [0.15, 0.2) is 0 Å². The van der Waals surface area contributed by atoms with Gasteiger partial charge in [0, 0.05) is 24.5 Å². The summed E-state index contributed by atoms with van der Waals surface area (Å²) in [7, 11) is 0. The van der Waals surface area contributed by atoms with Crippen molar-refractivity contribution in [3.05, 3.63) is 78.1 Å². The molecule has 2 bridgehead atoms. The Morgan fingerprint density at radius 3 is 2.50 bits per heavy atom. The molecular weight excluding hydrogens is 405 g/mol. The fraction of sp³-hybridized carbons (Fsp3) is 0.320. The first-order valence-electron chi connectivity index (χ1n) is 10.8. The van der Waals surface area contributed by atoms with Gasteiger partial charge in [-0.1, -0.05) is 12.1 Å². The first-order chi connectivity index (χ1) is 15.6. The van der Waals surface area contributed by atoms with E-state index in [1.807, 2.05) is 4.90 Å². The smallest absolute Gasteiger partial charge is 0.256 e. The van der Waals surface area contributed by atoms with E-state index in [4.69, 9.17) is 0 Å². The molecule has 2 aliphatic rings. The summed E-state index contributed by atoms with van der Waals surface area (Å²) >= 11 is 0. The van der Waals surface area contributed by atoms with Crippen molar-refractivity contribution in [3.63, 3.8) is 0 Å². The van der Waals surface area contributed by atoms with Crippen LogP contribution in [0.4, 0.5) is 4.39 Å². The molecule has 0 saturated carbocycles. The maximum atomic E-state index is 13.7. The number of aromatic nitrogens is 3. The van der Waals surface area contributed by atoms with E-state index in [0.29, 0.717) is 36.2 Å². The van der Waals surface area contributed by atoms with Gasteiger partial charge in [0.25, 0.3) is 5.91 Å². The number of nitrogens with zero attached hydrogens (tertiary/aromatic N) is 5. The molecule has 0 unspecified atom stereocenters. The van der Waals surface area contributed by atoms with Crippen LogP contribution in [0, 0.1) is 22.6 Å². The lowest BCUT2D eigenvalue weighted by Gasteiger charge is -2.43. The van der Waals surface area contributed by atoms with Crippen molar-refractivity contribution in [2.45, 2.75) is 44.2 Å². The third-order valence-electron chi connectivity index (χ3n) is 6.66. The molecule has 0 N–H and O–H groups in total. The Balaban J connectivity index is 1.42. The summed E-state index contributed by atoms with van der Waals surface area (Å²) in [6.45, 7) is 0. The largest absolute Gasteiger partial charge is 0.332 e. The lowest BCUT2D eigenvalue weighted by Crippen LogP contribution is -2.50. The van der Waals surface area contributed by atoms with Crippen LogP contribution in [0.25, 0.3) is 11.4 Å². The van der Waals surface area contributed by atoms with Crippen molar-refractivity contribution < 1.29 is 9.18 Å². The fourth-order valence-electron chi connectivity index (χ4n) is 5.30. The molecular formula is C25H22FN5O. The second-order valence-corrected chi connectivity index (χ2v) is 8.70. The van der Waals surface area contributed by atoms with Crippen LogP contribution in [0.2, 0.25) is 0 Å². The Morgan fingerprint density at radius 1 is 1.09 bits per heavy atom. The molecule has 7 heteroatoms. The van der Waals surface area contributed by atoms with E-state index in [1.54, 1.807) is 42.7 Å². The van der Waals surface area contributed by atoms with Crippen LogP contribution < -0.4 is 0 Å². The number of pyridine rings is 1. The molecule has 6 nitrogen and oxygen atoms in total. The van der Waals surface area contributed by atoms with Gasteiger partial charge >= 0.3 is 0 Å². The monoisotopic (exact) mass is 427 g/mol. The Labute approximate surface area is 185 Å². The highest BCUT2D eigenvalue weighted by atomic mass is 19.1. The van der Waals surface area contributed by atoms with Crippen molar-refractivity contribution in [1.29, 1.82) is 5.26 Å². The van der Waals surface area contributed by atoms with E-state index in [0.717, 1.165) is 18.4 Å². The van der Waals surface area contributed by atoms with Crippen LogP contribution in [0.5, 0.6) is 0 Å². The number of fused-ring (bicyclic) bond motifs is 2. The summed E-state index contributed by atoms with van der Waals surface area (Å²) in [5.74, 6) is -0.344. The average Bonchev–Trinajstić information content (AvgIpc) is 3.12. The molecule has 2 fully saturated rings. The summed E-state index contributed by atoms with van der Waals surface area (Å²) < 4.78 is 13.3. The number of piperidine rings is 1. The number of halogens is 1. The van der Waals surface area contributed by atoms with Crippen molar-refractivity contribution in [1.82, 2.24) is 19.9 Å². The van der Waals surface area contributed by atoms with E-state index < -0.39 is 5.41 Å². The summed E-state index contributed by atoms with van der Waals surface area (Å²) in [4.78, 5) is 28.3. The molecule has 3 aromatic rings. The number of rotatable bonds is 4. The van der Waals surface area contributed by atoms with Gasteiger partial charge in [-0.15, -0.1) is 0 Å². The number of amides is 1. The maximum Gasteiger partial charge on any atom is 0.256 e. The highest BCUT2D eigenvalue weighted by Crippen LogP contribution is 2.47. The minimum atomic E-state index is -0.551.